The average Bonchev–Trinajstić information content (AvgIpc) is 2.61. The predicted octanol–water partition coefficient (Wildman–Crippen LogP) is 3.56. The Morgan fingerprint density at radius 2 is 1.92 bits per heavy atom. The molecule has 0 aromatic heterocycles. The second kappa shape index (κ2) is 8.97. The molecule has 2 aromatic carbocycles. The van der Waals surface area contributed by atoms with Crippen LogP contribution in [0, 0.1) is 0 Å². The van der Waals surface area contributed by atoms with Crippen molar-refractivity contribution in [2.75, 3.05) is 14.2 Å². The van der Waals surface area contributed by atoms with Crippen LogP contribution < -0.4 is 10.1 Å². The number of aryl methyl sites for hydroxylation is 1. The van der Waals surface area contributed by atoms with Gasteiger partial charge in [-0.15, -0.1) is 0 Å². The third-order valence-corrected chi connectivity index (χ3v) is 4.09. The minimum atomic E-state index is -0.129. The number of hydrogen-bond acceptors (Lipinski definition) is 3. The smallest absolute Gasteiger partial charge is 0.317 e. The van der Waals surface area contributed by atoms with E-state index in [1.54, 1.807) is 24.1 Å². The van der Waals surface area contributed by atoms with Gasteiger partial charge in [0.1, 0.15) is 0 Å². The number of nitrogens with one attached hydrogen (secondary N) is 1. The Labute approximate surface area is 149 Å². The van der Waals surface area contributed by atoms with Gasteiger partial charge in [-0.3, -0.25) is 0 Å². The Morgan fingerprint density at radius 1 is 1.20 bits per heavy atom. The van der Waals surface area contributed by atoms with E-state index in [0.717, 1.165) is 18.4 Å². The Bertz CT molecular complexity index is 689. The minimum absolute atomic E-state index is 0.0741. The van der Waals surface area contributed by atoms with Gasteiger partial charge in [-0.25, -0.2) is 4.79 Å². The van der Waals surface area contributed by atoms with Gasteiger partial charge in [-0.2, -0.15) is 0 Å². The summed E-state index contributed by atoms with van der Waals surface area (Å²) in [5, 5.41) is 12.8. The third-order valence-electron chi connectivity index (χ3n) is 4.09. The quantitative estimate of drug-likeness (QED) is 0.809. The molecule has 0 aliphatic rings. The molecule has 1 unspecified atom stereocenters. The van der Waals surface area contributed by atoms with E-state index in [0.29, 0.717) is 12.3 Å². The lowest BCUT2D eigenvalue weighted by molar-refractivity contribution is 0.203. The van der Waals surface area contributed by atoms with Crippen molar-refractivity contribution in [3.63, 3.8) is 0 Å². The van der Waals surface area contributed by atoms with Gasteiger partial charge < -0.3 is 20.1 Å². The van der Waals surface area contributed by atoms with Crippen LogP contribution in [0.1, 0.15) is 24.5 Å². The van der Waals surface area contributed by atoms with E-state index in [1.807, 2.05) is 31.2 Å². The van der Waals surface area contributed by atoms with Crippen molar-refractivity contribution in [2.24, 2.45) is 0 Å². The molecule has 2 N–H and O–H groups in total. The molecule has 25 heavy (non-hydrogen) atoms. The van der Waals surface area contributed by atoms with Gasteiger partial charge in [0.25, 0.3) is 0 Å². The summed E-state index contributed by atoms with van der Waals surface area (Å²) in [6.07, 6.45) is 1.81. The summed E-state index contributed by atoms with van der Waals surface area (Å²) in [7, 11) is 3.24. The molecule has 2 aromatic rings. The number of carbonyl (C=O) groups is 1. The van der Waals surface area contributed by atoms with E-state index in [2.05, 4.69) is 17.4 Å². The monoisotopic (exact) mass is 342 g/mol. The summed E-state index contributed by atoms with van der Waals surface area (Å²) in [6, 6.07) is 15.3. The fraction of sp³-hybridized carbons (Fsp3) is 0.350. The molecule has 0 saturated carbocycles. The molecule has 5 heteroatoms. The predicted molar refractivity (Wildman–Crippen MR) is 98.9 cm³/mol. The van der Waals surface area contributed by atoms with Crippen molar-refractivity contribution in [1.82, 2.24) is 10.2 Å². The number of benzene rings is 2. The number of nitrogens with zero attached hydrogens (tertiary/aromatic N) is 1. The highest BCUT2D eigenvalue weighted by Gasteiger charge is 2.13. The summed E-state index contributed by atoms with van der Waals surface area (Å²) in [4.78, 5) is 13.9. The van der Waals surface area contributed by atoms with Gasteiger partial charge in [0.2, 0.25) is 0 Å². The van der Waals surface area contributed by atoms with Crippen molar-refractivity contribution >= 4 is 6.03 Å². The summed E-state index contributed by atoms with van der Waals surface area (Å²) in [6.45, 7) is 2.42. The molecule has 0 saturated heterocycles. The zero-order valence-corrected chi connectivity index (χ0v) is 15.0. The maximum atomic E-state index is 12.3. The van der Waals surface area contributed by atoms with Crippen LogP contribution in [0.2, 0.25) is 0 Å². The number of ether oxygens (including phenoxy) is 1. The van der Waals surface area contributed by atoms with Crippen LogP contribution in [0.15, 0.2) is 48.5 Å². The Kier molecular flexibility index (Phi) is 6.69. The zero-order valence-electron chi connectivity index (χ0n) is 15.0. The fourth-order valence-electron chi connectivity index (χ4n) is 2.60. The Balaban J connectivity index is 1.82. The van der Waals surface area contributed by atoms with E-state index in [1.165, 1.54) is 12.7 Å². The molecule has 2 amide bonds. The maximum Gasteiger partial charge on any atom is 0.317 e. The zero-order chi connectivity index (χ0) is 18.2. The van der Waals surface area contributed by atoms with Crippen molar-refractivity contribution < 1.29 is 14.6 Å². The van der Waals surface area contributed by atoms with E-state index in [4.69, 9.17) is 4.74 Å². The van der Waals surface area contributed by atoms with E-state index in [-0.39, 0.29) is 17.8 Å². The molecular weight excluding hydrogens is 316 g/mol. The molecule has 134 valence electrons. The second-order valence-electron chi connectivity index (χ2n) is 6.24. The summed E-state index contributed by atoms with van der Waals surface area (Å²) >= 11 is 0. The van der Waals surface area contributed by atoms with Crippen LogP contribution in [-0.4, -0.2) is 36.2 Å². The Morgan fingerprint density at radius 3 is 2.56 bits per heavy atom. The van der Waals surface area contributed by atoms with Crippen molar-refractivity contribution in [3.05, 3.63) is 59.7 Å². The summed E-state index contributed by atoms with van der Waals surface area (Å²) in [5.41, 5.74) is 2.11. The molecule has 0 spiro atoms. The molecule has 0 aliphatic heterocycles. The highest BCUT2D eigenvalue weighted by molar-refractivity contribution is 5.74. The highest BCUT2D eigenvalue weighted by atomic mass is 16.5. The molecule has 0 bridgehead atoms. The lowest BCUT2D eigenvalue weighted by Crippen LogP contribution is -2.41. The van der Waals surface area contributed by atoms with Crippen LogP contribution in [0.4, 0.5) is 4.79 Å². The van der Waals surface area contributed by atoms with Crippen molar-refractivity contribution in [3.8, 4) is 11.5 Å². The number of phenols is 1. The molecule has 2 rings (SSSR count). The first-order valence-electron chi connectivity index (χ1n) is 8.41. The topological polar surface area (TPSA) is 61.8 Å². The Hall–Kier alpha value is -2.69. The third kappa shape index (κ3) is 5.71. The SMILES string of the molecule is COc1ccc(CN(C)C(=O)NC(C)CCc2ccccc2)cc1O. The van der Waals surface area contributed by atoms with Crippen LogP contribution in [0.3, 0.4) is 0 Å². The first-order chi connectivity index (χ1) is 12.0. The first-order valence-corrected chi connectivity index (χ1v) is 8.41. The number of rotatable bonds is 7. The van der Waals surface area contributed by atoms with Crippen molar-refractivity contribution in [2.45, 2.75) is 32.4 Å². The van der Waals surface area contributed by atoms with E-state index < -0.39 is 0 Å². The molecule has 5 nitrogen and oxygen atoms in total. The second-order valence-corrected chi connectivity index (χ2v) is 6.24. The normalized spacial score (nSPS) is 11.6. The number of methoxy groups -OCH3 is 1. The van der Waals surface area contributed by atoms with E-state index in [9.17, 15) is 9.90 Å². The van der Waals surface area contributed by atoms with Gasteiger partial charge in [0.15, 0.2) is 11.5 Å². The van der Waals surface area contributed by atoms with E-state index >= 15 is 0 Å². The molecular formula is C20H26N2O3. The highest BCUT2D eigenvalue weighted by Crippen LogP contribution is 2.26. The van der Waals surface area contributed by atoms with Crippen LogP contribution >= 0.6 is 0 Å². The summed E-state index contributed by atoms with van der Waals surface area (Å²) in [5.74, 6) is 0.496. The number of aromatic hydroxyl groups is 1. The van der Waals surface area contributed by atoms with Gasteiger partial charge in [0, 0.05) is 19.6 Å². The minimum Gasteiger partial charge on any atom is -0.504 e. The summed E-state index contributed by atoms with van der Waals surface area (Å²) < 4.78 is 5.03. The van der Waals surface area contributed by atoms with Crippen LogP contribution in [0.5, 0.6) is 11.5 Å². The molecule has 0 aliphatic carbocycles. The number of hydrogen-bond donors (Lipinski definition) is 2. The van der Waals surface area contributed by atoms with Crippen LogP contribution in [0.25, 0.3) is 0 Å². The lowest BCUT2D eigenvalue weighted by Gasteiger charge is -2.22. The largest absolute Gasteiger partial charge is 0.504 e. The molecule has 0 heterocycles. The van der Waals surface area contributed by atoms with Gasteiger partial charge in [-0.1, -0.05) is 36.4 Å². The standard InChI is InChI=1S/C20H26N2O3/c1-15(9-10-16-7-5-4-6-8-16)21-20(24)22(2)14-17-11-12-19(25-3)18(23)13-17/h4-8,11-13,15,23H,9-10,14H2,1-3H3,(H,21,24). The average molecular weight is 342 g/mol. The molecule has 0 radical (unpaired) electrons. The lowest BCUT2D eigenvalue weighted by atomic mass is 10.1. The van der Waals surface area contributed by atoms with Gasteiger partial charge in [0.05, 0.1) is 7.11 Å². The fourth-order valence-corrected chi connectivity index (χ4v) is 2.60. The molecule has 1 atom stereocenters. The molecule has 0 fully saturated rings. The number of carbonyl (C=O) groups excluding carboxylic acids is 1. The number of urea groups is 1. The number of amides is 2. The van der Waals surface area contributed by atoms with Gasteiger partial charge >= 0.3 is 6.03 Å². The van der Waals surface area contributed by atoms with Crippen molar-refractivity contribution in [1.29, 1.82) is 0 Å². The van der Waals surface area contributed by atoms with Gasteiger partial charge in [-0.05, 0) is 43.0 Å². The first kappa shape index (κ1) is 18.6. The van der Waals surface area contributed by atoms with Crippen LogP contribution in [-0.2, 0) is 13.0 Å². The number of phenolic OH excluding ortho intramolecular Hbond substituents is 1. The maximum absolute atomic E-state index is 12.3.